The minimum atomic E-state index is 0.387. The Morgan fingerprint density at radius 2 is 2.00 bits per heavy atom. The lowest BCUT2D eigenvalue weighted by Crippen LogP contribution is -2.19. The molecule has 0 aliphatic heterocycles. The second-order valence-electron chi connectivity index (χ2n) is 4.05. The first kappa shape index (κ1) is 9.76. The van der Waals surface area contributed by atoms with Gasteiger partial charge in [-0.15, -0.1) is 0 Å². The van der Waals surface area contributed by atoms with Gasteiger partial charge >= 0.3 is 0 Å². The molecule has 1 atom stereocenters. The van der Waals surface area contributed by atoms with Gasteiger partial charge in [0.1, 0.15) is 5.78 Å². The van der Waals surface area contributed by atoms with Crippen molar-refractivity contribution < 1.29 is 4.79 Å². The largest absolute Gasteiger partial charge is 0.300 e. The molecule has 0 saturated heterocycles. The van der Waals surface area contributed by atoms with E-state index in [0.29, 0.717) is 11.7 Å². The Kier molecular flexibility index (Phi) is 3.77. The van der Waals surface area contributed by atoms with Crippen molar-refractivity contribution in [2.45, 2.75) is 52.4 Å². The molecule has 1 fully saturated rings. The fourth-order valence-electron chi connectivity index (χ4n) is 2.44. The van der Waals surface area contributed by atoms with E-state index in [1.54, 1.807) is 6.92 Å². The van der Waals surface area contributed by atoms with E-state index >= 15 is 0 Å². The molecule has 1 aliphatic carbocycles. The first-order chi connectivity index (χ1) is 5.75. The van der Waals surface area contributed by atoms with Crippen molar-refractivity contribution in [1.29, 1.82) is 0 Å². The highest BCUT2D eigenvalue weighted by atomic mass is 16.1. The second-order valence-corrected chi connectivity index (χ2v) is 4.05. The second kappa shape index (κ2) is 4.64. The van der Waals surface area contributed by atoms with E-state index in [2.05, 4.69) is 6.92 Å². The van der Waals surface area contributed by atoms with Crippen LogP contribution in [0.4, 0.5) is 0 Å². The molecule has 1 rings (SSSR count). The summed E-state index contributed by atoms with van der Waals surface area (Å²) in [5, 5.41) is 0. The minimum absolute atomic E-state index is 0.387. The van der Waals surface area contributed by atoms with Gasteiger partial charge in [-0.1, -0.05) is 26.2 Å². The number of Topliss-reactive ketones (excluding diaryl/α,β-unsaturated/α-hetero) is 1. The smallest absolute Gasteiger partial charge is 0.133 e. The van der Waals surface area contributed by atoms with Gasteiger partial charge in [0, 0.05) is 5.92 Å². The van der Waals surface area contributed by atoms with Crippen LogP contribution in [-0.4, -0.2) is 5.78 Å². The fraction of sp³-hybridized carbons (Fsp3) is 0.909. The zero-order valence-corrected chi connectivity index (χ0v) is 8.31. The van der Waals surface area contributed by atoms with Crippen LogP contribution >= 0.6 is 0 Å². The summed E-state index contributed by atoms with van der Waals surface area (Å²) in [5.74, 6) is 1.53. The molecule has 0 amide bonds. The summed E-state index contributed by atoms with van der Waals surface area (Å²) in [4.78, 5) is 11.3. The molecule has 1 nitrogen and oxygen atoms in total. The number of hydrogen-bond donors (Lipinski definition) is 0. The van der Waals surface area contributed by atoms with E-state index in [0.717, 1.165) is 18.8 Å². The van der Waals surface area contributed by atoms with Gasteiger partial charge in [-0.05, 0) is 32.1 Å². The van der Waals surface area contributed by atoms with E-state index in [-0.39, 0.29) is 0 Å². The van der Waals surface area contributed by atoms with Crippen molar-refractivity contribution in [3.8, 4) is 0 Å². The Morgan fingerprint density at radius 3 is 2.42 bits per heavy atom. The zero-order chi connectivity index (χ0) is 8.97. The van der Waals surface area contributed by atoms with Crippen LogP contribution in [0.1, 0.15) is 52.4 Å². The van der Waals surface area contributed by atoms with Crippen molar-refractivity contribution >= 4 is 5.78 Å². The molecule has 12 heavy (non-hydrogen) atoms. The molecule has 1 saturated carbocycles. The maximum absolute atomic E-state index is 11.3. The number of carbonyl (C=O) groups is 1. The average Bonchev–Trinajstić information content (AvgIpc) is 2.51. The molecule has 0 aromatic rings. The van der Waals surface area contributed by atoms with Gasteiger partial charge in [-0.25, -0.2) is 0 Å². The summed E-state index contributed by atoms with van der Waals surface area (Å²) in [6.07, 6.45) is 7.55. The highest BCUT2D eigenvalue weighted by Gasteiger charge is 2.27. The van der Waals surface area contributed by atoms with Crippen LogP contribution in [0.5, 0.6) is 0 Å². The first-order valence-electron chi connectivity index (χ1n) is 5.26. The Hall–Kier alpha value is -0.330. The van der Waals surface area contributed by atoms with Gasteiger partial charge in [-0.3, -0.25) is 4.79 Å². The van der Waals surface area contributed by atoms with Gasteiger partial charge in [-0.2, -0.15) is 0 Å². The molecular formula is C11H20O. The summed E-state index contributed by atoms with van der Waals surface area (Å²) in [7, 11) is 0. The van der Waals surface area contributed by atoms with Crippen LogP contribution in [0.3, 0.4) is 0 Å². The van der Waals surface area contributed by atoms with Crippen molar-refractivity contribution in [3.05, 3.63) is 0 Å². The standard InChI is InChI=1S/C11H20O/c1-3-6-11(9(2)12)10-7-4-5-8-10/h10-11H,3-8H2,1-2H3. The monoisotopic (exact) mass is 168 g/mol. The van der Waals surface area contributed by atoms with Gasteiger partial charge in [0.05, 0.1) is 0 Å². The van der Waals surface area contributed by atoms with Gasteiger partial charge < -0.3 is 0 Å². The molecule has 0 N–H and O–H groups in total. The topological polar surface area (TPSA) is 17.1 Å². The molecule has 1 aliphatic rings. The van der Waals surface area contributed by atoms with E-state index in [9.17, 15) is 4.79 Å². The van der Waals surface area contributed by atoms with Crippen LogP contribution in [0, 0.1) is 11.8 Å². The Balaban J connectivity index is 2.45. The Bertz CT molecular complexity index is 145. The predicted octanol–water partition coefficient (Wildman–Crippen LogP) is 3.18. The van der Waals surface area contributed by atoms with Crippen molar-refractivity contribution in [3.63, 3.8) is 0 Å². The molecule has 70 valence electrons. The summed E-state index contributed by atoms with van der Waals surface area (Å²) >= 11 is 0. The first-order valence-corrected chi connectivity index (χ1v) is 5.26. The molecule has 0 aromatic carbocycles. The SMILES string of the molecule is CCCC(C(C)=O)C1CCCC1. The molecule has 0 radical (unpaired) electrons. The third kappa shape index (κ3) is 2.33. The molecule has 0 bridgehead atoms. The third-order valence-electron chi connectivity index (χ3n) is 3.09. The summed E-state index contributed by atoms with van der Waals surface area (Å²) in [6, 6.07) is 0. The minimum Gasteiger partial charge on any atom is -0.300 e. The van der Waals surface area contributed by atoms with Crippen LogP contribution in [0.15, 0.2) is 0 Å². The van der Waals surface area contributed by atoms with Crippen molar-refractivity contribution in [1.82, 2.24) is 0 Å². The van der Waals surface area contributed by atoms with Crippen molar-refractivity contribution in [2.75, 3.05) is 0 Å². The maximum atomic E-state index is 11.3. The molecule has 0 heterocycles. The third-order valence-corrected chi connectivity index (χ3v) is 3.09. The summed E-state index contributed by atoms with van der Waals surface area (Å²) in [6.45, 7) is 3.93. The van der Waals surface area contributed by atoms with Gasteiger partial charge in [0.15, 0.2) is 0 Å². The number of rotatable bonds is 4. The van der Waals surface area contributed by atoms with Crippen molar-refractivity contribution in [2.24, 2.45) is 11.8 Å². The fourth-order valence-corrected chi connectivity index (χ4v) is 2.44. The Labute approximate surface area is 75.5 Å². The van der Waals surface area contributed by atoms with E-state index in [1.807, 2.05) is 0 Å². The molecule has 0 aromatic heterocycles. The zero-order valence-electron chi connectivity index (χ0n) is 8.31. The summed E-state index contributed by atoms with van der Waals surface area (Å²) < 4.78 is 0. The lowest BCUT2D eigenvalue weighted by Gasteiger charge is -2.19. The highest BCUT2D eigenvalue weighted by molar-refractivity contribution is 5.78. The normalized spacial score (nSPS) is 21.2. The maximum Gasteiger partial charge on any atom is 0.133 e. The summed E-state index contributed by atoms with van der Waals surface area (Å²) in [5.41, 5.74) is 0. The quantitative estimate of drug-likeness (QED) is 0.630. The van der Waals surface area contributed by atoms with Gasteiger partial charge in [0.2, 0.25) is 0 Å². The van der Waals surface area contributed by atoms with Crippen LogP contribution in [0.25, 0.3) is 0 Å². The molecule has 1 unspecified atom stereocenters. The number of ketones is 1. The van der Waals surface area contributed by atoms with E-state index in [1.165, 1.54) is 25.7 Å². The van der Waals surface area contributed by atoms with Crippen LogP contribution in [0.2, 0.25) is 0 Å². The number of hydrogen-bond acceptors (Lipinski definition) is 1. The number of carbonyl (C=O) groups excluding carboxylic acids is 1. The van der Waals surface area contributed by atoms with Gasteiger partial charge in [0.25, 0.3) is 0 Å². The Morgan fingerprint density at radius 1 is 1.42 bits per heavy atom. The van der Waals surface area contributed by atoms with E-state index in [4.69, 9.17) is 0 Å². The molecule has 1 heteroatoms. The molecule has 0 spiro atoms. The van der Waals surface area contributed by atoms with Crippen LogP contribution in [-0.2, 0) is 4.79 Å². The predicted molar refractivity (Wildman–Crippen MR) is 51.0 cm³/mol. The van der Waals surface area contributed by atoms with E-state index < -0.39 is 0 Å². The molecular weight excluding hydrogens is 148 g/mol. The highest BCUT2D eigenvalue weighted by Crippen LogP contribution is 2.34. The lowest BCUT2D eigenvalue weighted by atomic mass is 9.84. The van der Waals surface area contributed by atoms with Crippen LogP contribution < -0.4 is 0 Å². The lowest BCUT2D eigenvalue weighted by molar-refractivity contribution is -0.122. The average molecular weight is 168 g/mol.